The number of aromatic hydroxyl groups is 1. The van der Waals surface area contributed by atoms with Gasteiger partial charge in [0.05, 0.1) is 11.4 Å². The molecule has 114 valence electrons. The summed E-state index contributed by atoms with van der Waals surface area (Å²) in [5, 5.41) is 10.3. The fourth-order valence-electron chi connectivity index (χ4n) is 1.64. The number of esters is 1. The summed E-state index contributed by atoms with van der Waals surface area (Å²) in [6.07, 6.45) is 0. The normalized spacial score (nSPS) is 11.3. The molecule has 0 radical (unpaired) electrons. The standard InChI is InChI=1S/C15H12Cl2N2O3/c16-8-13(18)19-11-6-10(17)7-12(14(11)20)22-15(21)9-4-2-1-3-5-9/h1-7,20H,8H2,(H2,18,19). The third kappa shape index (κ3) is 3.90. The van der Waals surface area contributed by atoms with E-state index in [-0.39, 0.29) is 33.9 Å². The minimum atomic E-state index is -0.626. The molecule has 2 rings (SSSR count). The smallest absolute Gasteiger partial charge is 0.343 e. The van der Waals surface area contributed by atoms with Crippen LogP contribution in [0.1, 0.15) is 10.4 Å². The number of amidine groups is 1. The molecule has 5 nitrogen and oxygen atoms in total. The molecule has 2 aromatic carbocycles. The SMILES string of the molecule is NC(CCl)=Nc1cc(Cl)cc(OC(=O)c2ccccc2)c1O. The first-order valence-corrected chi connectivity index (χ1v) is 7.11. The molecule has 0 aliphatic heterocycles. The summed E-state index contributed by atoms with van der Waals surface area (Å²) in [5.41, 5.74) is 5.93. The van der Waals surface area contributed by atoms with Crippen molar-refractivity contribution in [3.63, 3.8) is 0 Å². The predicted octanol–water partition coefficient (Wildman–Crippen LogP) is 3.49. The van der Waals surface area contributed by atoms with E-state index in [1.807, 2.05) is 0 Å². The largest absolute Gasteiger partial charge is 0.503 e. The Morgan fingerprint density at radius 2 is 1.95 bits per heavy atom. The first kappa shape index (κ1) is 16.1. The van der Waals surface area contributed by atoms with Crippen LogP contribution >= 0.6 is 23.2 Å². The molecule has 0 heterocycles. The number of phenols is 1. The van der Waals surface area contributed by atoms with Crippen molar-refractivity contribution < 1.29 is 14.6 Å². The number of nitrogens with zero attached hydrogens (tertiary/aromatic N) is 1. The number of ether oxygens (including phenoxy) is 1. The zero-order valence-corrected chi connectivity index (χ0v) is 12.8. The molecule has 0 unspecified atom stereocenters. The second-order valence-corrected chi connectivity index (χ2v) is 4.97. The molecule has 0 spiro atoms. The van der Waals surface area contributed by atoms with Crippen molar-refractivity contribution in [1.82, 2.24) is 0 Å². The van der Waals surface area contributed by atoms with Gasteiger partial charge in [-0.3, -0.25) is 0 Å². The van der Waals surface area contributed by atoms with Crippen molar-refractivity contribution in [2.75, 3.05) is 5.88 Å². The molecule has 0 aliphatic rings. The summed E-state index contributed by atoms with van der Waals surface area (Å²) in [6.45, 7) is 0. The van der Waals surface area contributed by atoms with E-state index >= 15 is 0 Å². The molecule has 0 fully saturated rings. The van der Waals surface area contributed by atoms with Crippen molar-refractivity contribution in [3.8, 4) is 11.5 Å². The first-order chi connectivity index (χ1) is 10.5. The molecule has 0 saturated heterocycles. The summed E-state index contributed by atoms with van der Waals surface area (Å²) in [6, 6.07) is 11.1. The number of carbonyl (C=O) groups excluding carboxylic acids is 1. The molecule has 0 bridgehead atoms. The average Bonchev–Trinajstić information content (AvgIpc) is 2.52. The van der Waals surface area contributed by atoms with Crippen molar-refractivity contribution >= 4 is 40.7 Å². The number of benzene rings is 2. The highest BCUT2D eigenvalue weighted by Gasteiger charge is 2.15. The van der Waals surface area contributed by atoms with Gasteiger partial charge in [-0.25, -0.2) is 9.79 Å². The van der Waals surface area contributed by atoms with E-state index < -0.39 is 5.97 Å². The second kappa shape index (κ2) is 7.15. The molecular weight excluding hydrogens is 327 g/mol. The Morgan fingerprint density at radius 3 is 2.59 bits per heavy atom. The summed E-state index contributed by atoms with van der Waals surface area (Å²) < 4.78 is 5.15. The van der Waals surface area contributed by atoms with Crippen LogP contribution in [0.2, 0.25) is 5.02 Å². The molecule has 0 aromatic heterocycles. The number of halogens is 2. The number of nitrogens with two attached hydrogens (primary N) is 1. The third-order valence-electron chi connectivity index (χ3n) is 2.63. The highest BCUT2D eigenvalue weighted by Crippen LogP contribution is 2.39. The Balaban J connectivity index is 2.34. The van der Waals surface area contributed by atoms with Gasteiger partial charge in [0.2, 0.25) is 0 Å². The van der Waals surface area contributed by atoms with Crippen molar-refractivity contribution in [3.05, 3.63) is 53.1 Å². The van der Waals surface area contributed by atoms with Crippen molar-refractivity contribution in [2.45, 2.75) is 0 Å². The maximum absolute atomic E-state index is 12.0. The van der Waals surface area contributed by atoms with Crippen LogP contribution in [-0.4, -0.2) is 22.8 Å². The van der Waals surface area contributed by atoms with Gasteiger partial charge in [0.15, 0.2) is 11.5 Å². The average molecular weight is 339 g/mol. The van der Waals surface area contributed by atoms with Crippen LogP contribution in [0.5, 0.6) is 11.5 Å². The Kier molecular flexibility index (Phi) is 5.25. The van der Waals surface area contributed by atoms with E-state index in [0.29, 0.717) is 5.56 Å². The fourth-order valence-corrected chi connectivity index (χ4v) is 1.90. The van der Waals surface area contributed by atoms with Gasteiger partial charge in [-0.1, -0.05) is 29.8 Å². The minimum absolute atomic E-state index is 0.00884. The highest BCUT2D eigenvalue weighted by atomic mass is 35.5. The quantitative estimate of drug-likeness (QED) is 0.294. The van der Waals surface area contributed by atoms with Crippen molar-refractivity contribution in [1.29, 1.82) is 0 Å². The molecule has 3 N–H and O–H groups in total. The van der Waals surface area contributed by atoms with E-state index in [1.165, 1.54) is 12.1 Å². The van der Waals surface area contributed by atoms with Gasteiger partial charge in [0.1, 0.15) is 11.5 Å². The van der Waals surface area contributed by atoms with Gasteiger partial charge < -0.3 is 15.6 Å². The van der Waals surface area contributed by atoms with E-state index in [2.05, 4.69) is 4.99 Å². The lowest BCUT2D eigenvalue weighted by Gasteiger charge is -2.09. The summed E-state index contributed by atoms with van der Waals surface area (Å²) >= 11 is 11.5. The molecule has 2 aromatic rings. The van der Waals surface area contributed by atoms with Gasteiger partial charge in [-0.15, -0.1) is 11.6 Å². The molecule has 0 atom stereocenters. The highest BCUT2D eigenvalue weighted by molar-refractivity contribution is 6.31. The van der Waals surface area contributed by atoms with Crippen LogP contribution < -0.4 is 10.5 Å². The minimum Gasteiger partial charge on any atom is -0.503 e. The Hall–Kier alpha value is -2.24. The van der Waals surface area contributed by atoms with E-state index in [1.54, 1.807) is 30.3 Å². The van der Waals surface area contributed by atoms with Gasteiger partial charge >= 0.3 is 5.97 Å². The van der Waals surface area contributed by atoms with Gasteiger partial charge in [-0.05, 0) is 18.2 Å². The number of phenolic OH excluding ortho intramolecular Hbond substituents is 1. The predicted molar refractivity (Wildman–Crippen MR) is 86.5 cm³/mol. The maximum Gasteiger partial charge on any atom is 0.343 e. The van der Waals surface area contributed by atoms with E-state index in [4.69, 9.17) is 33.7 Å². The number of hydrogen-bond donors (Lipinski definition) is 2. The van der Waals surface area contributed by atoms with Crippen LogP contribution in [0.15, 0.2) is 47.5 Å². The molecule has 0 aliphatic carbocycles. The Bertz CT molecular complexity index is 718. The summed E-state index contributed by atoms with van der Waals surface area (Å²) in [4.78, 5) is 15.9. The third-order valence-corrected chi connectivity index (χ3v) is 3.12. The maximum atomic E-state index is 12.0. The lowest BCUT2D eigenvalue weighted by Crippen LogP contribution is -2.12. The van der Waals surface area contributed by atoms with Crippen LogP contribution in [0.4, 0.5) is 5.69 Å². The molecule has 7 heteroatoms. The van der Waals surface area contributed by atoms with Crippen LogP contribution in [0.25, 0.3) is 0 Å². The van der Waals surface area contributed by atoms with Gasteiger partial charge in [-0.2, -0.15) is 0 Å². The number of alkyl halides is 1. The van der Waals surface area contributed by atoms with E-state index in [9.17, 15) is 9.90 Å². The van der Waals surface area contributed by atoms with Crippen molar-refractivity contribution in [2.24, 2.45) is 10.7 Å². The fraction of sp³-hybridized carbons (Fsp3) is 0.0667. The molecule has 0 amide bonds. The second-order valence-electron chi connectivity index (χ2n) is 4.26. The summed E-state index contributed by atoms with van der Waals surface area (Å²) in [5.74, 6) is -0.993. The zero-order valence-electron chi connectivity index (χ0n) is 11.3. The van der Waals surface area contributed by atoms with Crippen LogP contribution in [-0.2, 0) is 0 Å². The molecular formula is C15H12Cl2N2O3. The lowest BCUT2D eigenvalue weighted by atomic mass is 10.2. The molecule has 0 saturated carbocycles. The van der Waals surface area contributed by atoms with Crippen LogP contribution in [0.3, 0.4) is 0 Å². The number of aliphatic imine (C=N–C) groups is 1. The summed E-state index contributed by atoms with van der Waals surface area (Å²) in [7, 11) is 0. The first-order valence-electron chi connectivity index (χ1n) is 6.20. The number of rotatable bonds is 4. The Labute approximate surface area is 136 Å². The van der Waals surface area contributed by atoms with E-state index in [0.717, 1.165) is 0 Å². The van der Waals surface area contributed by atoms with Gasteiger partial charge in [0, 0.05) is 11.1 Å². The molecule has 22 heavy (non-hydrogen) atoms. The zero-order chi connectivity index (χ0) is 16.1. The lowest BCUT2D eigenvalue weighted by molar-refractivity contribution is 0.0730. The van der Waals surface area contributed by atoms with Gasteiger partial charge in [0.25, 0.3) is 0 Å². The van der Waals surface area contributed by atoms with Crippen LogP contribution in [0, 0.1) is 0 Å². The monoisotopic (exact) mass is 338 g/mol. The topological polar surface area (TPSA) is 84.9 Å². The number of carbonyl (C=O) groups is 1. The Morgan fingerprint density at radius 1 is 1.27 bits per heavy atom. The number of hydrogen-bond acceptors (Lipinski definition) is 4.